The molecule has 5 rings (SSSR count). The summed E-state index contributed by atoms with van der Waals surface area (Å²) in [6, 6.07) is 16.1. The molecule has 2 aliphatic heterocycles. The van der Waals surface area contributed by atoms with Gasteiger partial charge in [0.05, 0.1) is 17.6 Å². The second-order valence-electron chi connectivity index (χ2n) is 8.23. The monoisotopic (exact) mass is 393 g/mol. The summed E-state index contributed by atoms with van der Waals surface area (Å²) in [5.41, 5.74) is 2.95. The van der Waals surface area contributed by atoms with Crippen molar-refractivity contribution in [2.24, 2.45) is 0 Å². The van der Waals surface area contributed by atoms with Crippen molar-refractivity contribution in [2.45, 2.75) is 25.4 Å². The van der Waals surface area contributed by atoms with Gasteiger partial charge in [-0.15, -0.1) is 0 Å². The molecule has 2 saturated heterocycles. The van der Waals surface area contributed by atoms with Gasteiger partial charge in [-0.05, 0) is 49.7 Å². The molecule has 3 aromatic rings. The van der Waals surface area contributed by atoms with Crippen LogP contribution in [0.3, 0.4) is 0 Å². The van der Waals surface area contributed by atoms with Crippen molar-refractivity contribution in [3.8, 4) is 0 Å². The van der Waals surface area contributed by atoms with Gasteiger partial charge in [0.2, 0.25) is 0 Å². The lowest BCUT2D eigenvalue weighted by Gasteiger charge is -2.43. The van der Waals surface area contributed by atoms with E-state index in [0.29, 0.717) is 6.04 Å². The molecule has 29 heavy (non-hydrogen) atoms. The van der Waals surface area contributed by atoms with Gasteiger partial charge < -0.3 is 9.88 Å². The third-order valence-corrected chi connectivity index (χ3v) is 6.30. The molecular weight excluding hydrogens is 365 g/mol. The summed E-state index contributed by atoms with van der Waals surface area (Å²) in [6.45, 7) is 7.42. The number of rotatable bonds is 4. The van der Waals surface area contributed by atoms with E-state index in [1.807, 2.05) is 0 Å². The van der Waals surface area contributed by atoms with E-state index in [-0.39, 0.29) is 5.82 Å². The predicted octanol–water partition coefficient (Wildman–Crippen LogP) is 3.49. The van der Waals surface area contributed by atoms with E-state index in [2.05, 4.69) is 55.0 Å². The van der Waals surface area contributed by atoms with Crippen LogP contribution in [-0.2, 0) is 6.54 Å². The van der Waals surface area contributed by atoms with Crippen molar-refractivity contribution in [3.05, 3.63) is 60.2 Å². The van der Waals surface area contributed by atoms with Crippen LogP contribution in [0.1, 0.15) is 18.7 Å². The van der Waals surface area contributed by atoms with Gasteiger partial charge in [-0.3, -0.25) is 9.80 Å². The highest BCUT2D eigenvalue weighted by Crippen LogP contribution is 2.22. The van der Waals surface area contributed by atoms with E-state index in [4.69, 9.17) is 0 Å². The summed E-state index contributed by atoms with van der Waals surface area (Å²) >= 11 is 0. The third-order valence-electron chi connectivity index (χ3n) is 6.30. The quantitative estimate of drug-likeness (QED) is 0.737. The van der Waals surface area contributed by atoms with Crippen molar-refractivity contribution in [3.63, 3.8) is 0 Å². The molecule has 3 heterocycles. The summed E-state index contributed by atoms with van der Waals surface area (Å²) in [5, 5.41) is 0. The van der Waals surface area contributed by atoms with Crippen LogP contribution < -0.4 is 4.90 Å². The molecule has 6 heteroatoms. The molecule has 0 radical (unpaired) electrons. The number of aromatic nitrogens is 2. The largest absolute Gasteiger partial charge is 0.369 e. The lowest BCUT2D eigenvalue weighted by atomic mass is 10.0. The Morgan fingerprint density at radius 1 is 1.00 bits per heavy atom. The molecule has 1 unspecified atom stereocenters. The predicted molar refractivity (Wildman–Crippen MR) is 115 cm³/mol. The van der Waals surface area contributed by atoms with Crippen LogP contribution in [0.25, 0.3) is 11.0 Å². The first kappa shape index (κ1) is 18.6. The number of para-hydroxylation sites is 1. The number of anilines is 1. The maximum Gasteiger partial charge on any atom is 0.125 e. The normalized spacial score (nSPS) is 21.7. The minimum Gasteiger partial charge on any atom is -0.369 e. The highest BCUT2D eigenvalue weighted by atomic mass is 19.1. The van der Waals surface area contributed by atoms with E-state index in [1.54, 1.807) is 6.07 Å². The van der Waals surface area contributed by atoms with Crippen LogP contribution in [0.5, 0.6) is 0 Å². The smallest absolute Gasteiger partial charge is 0.125 e. The van der Waals surface area contributed by atoms with Crippen LogP contribution in [0, 0.1) is 5.82 Å². The maximum absolute atomic E-state index is 13.4. The van der Waals surface area contributed by atoms with Gasteiger partial charge in [-0.1, -0.05) is 18.2 Å². The Kier molecular flexibility index (Phi) is 5.21. The summed E-state index contributed by atoms with van der Waals surface area (Å²) in [4.78, 5) is 15.6. The fourth-order valence-corrected chi connectivity index (χ4v) is 4.78. The lowest BCUT2D eigenvalue weighted by molar-refractivity contribution is 0.0875. The van der Waals surface area contributed by atoms with Gasteiger partial charge in [0, 0.05) is 44.5 Å². The first-order valence-corrected chi connectivity index (χ1v) is 10.7. The van der Waals surface area contributed by atoms with Gasteiger partial charge in [0.15, 0.2) is 0 Å². The van der Waals surface area contributed by atoms with Gasteiger partial charge in [-0.2, -0.15) is 0 Å². The SMILES string of the molecule is Fc1ccc2nc(CN3CCCC(N4CCN(c5ccccc5)CC4)C3)[nH]c2c1. The molecule has 2 fully saturated rings. The van der Waals surface area contributed by atoms with E-state index in [1.165, 1.54) is 30.7 Å². The van der Waals surface area contributed by atoms with Gasteiger partial charge in [-0.25, -0.2) is 9.37 Å². The zero-order chi connectivity index (χ0) is 19.6. The van der Waals surface area contributed by atoms with Gasteiger partial charge >= 0.3 is 0 Å². The van der Waals surface area contributed by atoms with E-state index >= 15 is 0 Å². The van der Waals surface area contributed by atoms with Crippen LogP contribution in [0.2, 0.25) is 0 Å². The first-order valence-electron chi connectivity index (χ1n) is 10.7. The number of piperazine rings is 1. The third kappa shape index (κ3) is 4.14. The van der Waals surface area contributed by atoms with Crippen LogP contribution in [0.15, 0.2) is 48.5 Å². The summed E-state index contributed by atoms with van der Waals surface area (Å²) in [6.07, 6.45) is 2.49. The number of H-pyrrole nitrogens is 1. The minimum absolute atomic E-state index is 0.222. The molecule has 0 aliphatic carbocycles. The van der Waals surface area contributed by atoms with Crippen LogP contribution >= 0.6 is 0 Å². The molecule has 2 aliphatic rings. The second kappa shape index (κ2) is 8.13. The Balaban J connectivity index is 1.18. The summed E-state index contributed by atoms with van der Waals surface area (Å²) in [7, 11) is 0. The number of nitrogens with zero attached hydrogens (tertiary/aromatic N) is 4. The molecule has 152 valence electrons. The second-order valence-corrected chi connectivity index (χ2v) is 8.23. The average Bonchev–Trinajstić information content (AvgIpc) is 3.16. The van der Waals surface area contributed by atoms with Crippen molar-refractivity contribution < 1.29 is 4.39 Å². The molecule has 0 saturated carbocycles. The average molecular weight is 394 g/mol. The molecular formula is C23H28FN5. The zero-order valence-electron chi connectivity index (χ0n) is 16.7. The fraction of sp³-hybridized carbons (Fsp3) is 0.435. The van der Waals surface area contributed by atoms with Crippen molar-refractivity contribution in [1.82, 2.24) is 19.8 Å². The first-order chi connectivity index (χ1) is 14.2. The Hall–Kier alpha value is -2.44. The number of likely N-dealkylation sites (tertiary alicyclic amines) is 1. The molecule has 1 N–H and O–H groups in total. The number of hydrogen-bond donors (Lipinski definition) is 1. The minimum atomic E-state index is -0.222. The van der Waals surface area contributed by atoms with Gasteiger partial charge in [0.25, 0.3) is 0 Å². The van der Waals surface area contributed by atoms with Crippen molar-refractivity contribution in [2.75, 3.05) is 44.2 Å². The number of fused-ring (bicyclic) bond motifs is 1. The molecule has 2 aromatic carbocycles. The maximum atomic E-state index is 13.4. The number of imidazole rings is 1. The van der Waals surface area contributed by atoms with Crippen LogP contribution in [0.4, 0.5) is 10.1 Å². The highest BCUT2D eigenvalue weighted by Gasteiger charge is 2.28. The summed E-state index contributed by atoms with van der Waals surface area (Å²) < 4.78 is 13.4. The Morgan fingerprint density at radius 2 is 1.83 bits per heavy atom. The number of aromatic amines is 1. The standard InChI is InChI=1S/C23H28FN5/c24-18-8-9-21-22(15-18)26-23(25-21)17-27-10-4-7-20(16-27)29-13-11-28(12-14-29)19-5-2-1-3-6-19/h1-3,5-6,8-9,15,20H,4,7,10-14,16-17H2,(H,25,26). The van der Waals surface area contributed by atoms with E-state index < -0.39 is 0 Å². The molecule has 0 bridgehead atoms. The number of halogens is 1. The molecule has 1 aromatic heterocycles. The molecule has 5 nitrogen and oxygen atoms in total. The highest BCUT2D eigenvalue weighted by molar-refractivity contribution is 5.74. The van der Waals surface area contributed by atoms with Gasteiger partial charge in [0.1, 0.15) is 11.6 Å². The van der Waals surface area contributed by atoms with Crippen LogP contribution in [-0.4, -0.2) is 65.1 Å². The van der Waals surface area contributed by atoms with Crippen molar-refractivity contribution >= 4 is 16.7 Å². The number of nitrogens with one attached hydrogen (secondary N) is 1. The Bertz CT molecular complexity index is 948. The molecule has 0 spiro atoms. The molecule has 0 amide bonds. The lowest BCUT2D eigenvalue weighted by Crippen LogP contribution is -2.55. The van der Waals surface area contributed by atoms with E-state index in [0.717, 1.165) is 62.7 Å². The Labute approximate surface area is 171 Å². The Morgan fingerprint density at radius 3 is 2.66 bits per heavy atom. The number of hydrogen-bond acceptors (Lipinski definition) is 4. The topological polar surface area (TPSA) is 38.4 Å². The zero-order valence-corrected chi connectivity index (χ0v) is 16.7. The summed E-state index contributed by atoms with van der Waals surface area (Å²) in [5.74, 6) is 0.709. The van der Waals surface area contributed by atoms with E-state index in [9.17, 15) is 4.39 Å². The fourth-order valence-electron chi connectivity index (χ4n) is 4.78. The number of piperidine rings is 1. The molecule has 1 atom stereocenters. The number of benzene rings is 2. The van der Waals surface area contributed by atoms with Crippen molar-refractivity contribution in [1.29, 1.82) is 0 Å².